The van der Waals surface area contributed by atoms with Crippen LogP contribution >= 0.6 is 0 Å². The molecule has 1 aromatic carbocycles. The molecule has 1 aliphatic heterocycles. The summed E-state index contributed by atoms with van der Waals surface area (Å²) in [7, 11) is 0. The van der Waals surface area contributed by atoms with E-state index in [9.17, 15) is 4.79 Å². The second-order valence-electron chi connectivity index (χ2n) is 4.49. The standard InChI is InChI=1S/C13H18N2O/c1-11-6-5-9-15(10-11)13(16)14-12-7-3-2-4-8-12/h2-4,7-8,11H,5-6,9-10H2,1H3,(H,14,16). The quantitative estimate of drug-likeness (QED) is 0.772. The zero-order chi connectivity index (χ0) is 11.4. The number of para-hydroxylation sites is 1. The third-order valence-corrected chi connectivity index (χ3v) is 2.97. The number of carbonyl (C=O) groups is 1. The first-order valence-electron chi connectivity index (χ1n) is 5.86. The number of carbonyl (C=O) groups excluding carboxylic acids is 1. The van der Waals surface area contributed by atoms with Gasteiger partial charge in [0.2, 0.25) is 0 Å². The molecule has 3 nitrogen and oxygen atoms in total. The van der Waals surface area contributed by atoms with Crippen LogP contribution in [0.15, 0.2) is 30.3 Å². The molecule has 0 bridgehead atoms. The number of likely N-dealkylation sites (tertiary alicyclic amines) is 1. The fourth-order valence-corrected chi connectivity index (χ4v) is 2.10. The number of nitrogens with one attached hydrogen (secondary N) is 1. The highest BCUT2D eigenvalue weighted by Gasteiger charge is 2.20. The summed E-state index contributed by atoms with van der Waals surface area (Å²) in [5, 5.41) is 2.92. The Hall–Kier alpha value is -1.51. The van der Waals surface area contributed by atoms with Crippen molar-refractivity contribution in [3.8, 4) is 0 Å². The minimum atomic E-state index is 0.0257. The van der Waals surface area contributed by atoms with Gasteiger partial charge in [-0.2, -0.15) is 0 Å². The lowest BCUT2D eigenvalue weighted by Gasteiger charge is -2.30. The van der Waals surface area contributed by atoms with E-state index in [-0.39, 0.29) is 6.03 Å². The van der Waals surface area contributed by atoms with Crippen LogP contribution in [0.5, 0.6) is 0 Å². The van der Waals surface area contributed by atoms with Gasteiger partial charge in [0.15, 0.2) is 0 Å². The Morgan fingerprint density at radius 2 is 2.12 bits per heavy atom. The minimum absolute atomic E-state index is 0.0257. The van der Waals surface area contributed by atoms with Gasteiger partial charge >= 0.3 is 6.03 Å². The van der Waals surface area contributed by atoms with Crippen molar-refractivity contribution in [2.75, 3.05) is 18.4 Å². The summed E-state index contributed by atoms with van der Waals surface area (Å²) in [5.41, 5.74) is 0.866. The molecule has 1 heterocycles. The van der Waals surface area contributed by atoms with E-state index >= 15 is 0 Å². The molecule has 0 spiro atoms. The van der Waals surface area contributed by atoms with Gasteiger partial charge in [0.1, 0.15) is 0 Å². The maximum atomic E-state index is 11.9. The highest BCUT2D eigenvalue weighted by Crippen LogP contribution is 2.16. The summed E-state index contributed by atoms with van der Waals surface area (Å²) in [4.78, 5) is 13.8. The monoisotopic (exact) mass is 218 g/mol. The highest BCUT2D eigenvalue weighted by atomic mass is 16.2. The predicted molar refractivity (Wildman–Crippen MR) is 65.4 cm³/mol. The van der Waals surface area contributed by atoms with Gasteiger partial charge in [-0.25, -0.2) is 4.79 Å². The van der Waals surface area contributed by atoms with E-state index in [1.165, 1.54) is 6.42 Å². The van der Waals surface area contributed by atoms with Crippen LogP contribution in [0.2, 0.25) is 0 Å². The molecule has 86 valence electrons. The summed E-state index contributed by atoms with van der Waals surface area (Å²) >= 11 is 0. The molecule has 2 rings (SSSR count). The summed E-state index contributed by atoms with van der Waals surface area (Å²) in [6.45, 7) is 3.95. The van der Waals surface area contributed by atoms with Gasteiger partial charge in [0.05, 0.1) is 0 Å². The molecule has 16 heavy (non-hydrogen) atoms. The second kappa shape index (κ2) is 5.01. The van der Waals surface area contributed by atoms with Crippen LogP contribution < -0.4 is 5.32 Å². The van der Waals surface area contributed by atoms with E-state index in [4.69, 9.17) is 0 Å². The lowest BCUT2D eigenvalue weighted by molar-refractivity contribution is 0.182. The number of hydrogen-bond donors (Lipinski definition) is 1. The van der Waals surface area contributed by atoms with Crippen LogP contribution in [0.25, 0.3) is 0 Å². The number of piperidine rings is 1. The van der Waals surface area contributed by atoms with Gasteiger partial charge < -0.3 is 10.2 Å². The Balaban J connectivity index is 1.93. The molecule has 0 radical (unpaired) electrons. The van der Waals surface area contributed by atoms with Crippen molar-refractivity contribution >= 4 is 11.7 Å². The lowest BCUT2D eigenvalue weighted by Crippen LogP contribution is -2.41. The van der Waals surface area contributed by atoms with E-state index in [1.54, 1.807) is 0 Å². The largest absolute Gasteiger partial charge is 0.324 e. The molecule has 0 aliphatic carbocycles. The van der Waals surface area contributed by atoms with Crippen LogP contribution in [0.1, 0.15) is 19.8 Å². The fourth-order valence-electron chi connectivity index (χ4n) is 2.10. The summed E-state index contributed by atoms with van der Waals surface area (Å²) in [5.74, 6) is 0.621. The van der Waals surface area contributed by atoms with Crippen LogP contribution in [0.4, 0.5) is 10.5 Å². The molecule has 3 heteroatoms. The molecule has 0 saturated carbocycles. The molecular weight excluding hydrogens is 200 g/mol. The molecule has 1 aromatic rings. The first-order valence-corrected chi connectivity index (χ1v) is 5.86. The Morgan fingerprint density at radius 3 is 2.81 bits per heavy atom. The van der Waals surface area contributed by atoms with E-state index in [2.05, 4.69) is 12.2 Å². The average molecular weight is 218 g/mol. The maximum absolute atomic E-state index is 11.9. The van der Waals surface area contributed by atoms with E-state index in [0.717, 1.165) is 25.2 Å². The number of hydrogen-bond acceptors (Lipinski definition) is 1. The van der Waals surface area contributed by atoms with E-state index in [1.807, 2.05) is 35.2 Å². The summed E-state index contributed by atoms with van der Waals surface area (Å²) in [6, 6.07) is 9.63. The molecule has 0 aromatic heterocycles. The summed E-state index contributed by atoms with van der Waals surface area (Å²) in [6.07, 6.45) is 2.35. The van der Waals surface area contributed by atoms with Crippen molar-refractivity contribution in [2.45, 2.75) is 19.8 Å². The first-order chi connectivity index (χ1) is 7.75. The molecule has 1 aliphatic rings. The molecule has 2 amide bonds. The number of nitrogens with zero attached hydrogens (tertiary/aromatic N) is 1. The normalized spacial score (nSPS) is 20.6. The zero-order valence-electron chi connectivity index (χ0n) is 9.65. The van der Waals surface area contributed by atoms with Gasteiger partial charge in [-0.15, -0.1) is 0 Å². The van der Waals surface area contributed by atoms with Gasteiger partial charge in [0.25, 0.3) is 0 Å². The van der Waals surface area contributed by atoms with Crippen molar-refractivity contribution in [2.24, 2.45) is 5.92 Å². The maximum Gasteiger partial charge on any atom is 0.321 e. The highest BCUT2D eigenvalue weighted by molar-refractivity contribution is 5.89. The third-order valence-electron chi connectivity index (χ3n) is 2.97. The second-order valence-corrected chi connectivity index (χ2v) is 4.49. The molecular formula is C13H18N2O. The van der Waals surface area contributed by atoms with Gasteiger partial charge in [0, 0.05) is 18.8 Å². The van der Waals surface area contributed by atoms with Gasteiger partial charge in [-0.1, -0.05) is 25.1 Å². The third kappa shape index (κ3) is 2.75. The first kappa shape index (κ1) is 11.0. The number of rotatable bonds is 1. The van der Waals surface area contributed by atoms with Gasteiger partial charge in [-0.05, 0) is 30.9 Å². The van der Waals surface area contributed by atoms with Crippen molar-refractivity contribution in [3.63, 3.8) is 0 Å². The predicted octanol–water partition coefficient (Wildman–Crippen LogP) is 2.95. The Morgan fingerprint density at radius 1 is 1.38 bits per heavy atom. The number of amides is 2. The summed E-state index contributed by atoms with van der Waals surface area (Å²) < 4.78 is 0. The minimum Gasteiger partial charge on any atom is -0.324 e. The van der Waals surface area contributed by atoms with Crippen molar-refractivity contribution in [1.29, 1.82) is 0 Å². The van der Waals surface area contributed by atoms with Crippen LogP contribution in [-0.4, -0.2) is 24.0 Å². The van der Waals surface area contributed by atoms with E-state index < -0.39 is 0 Å². The van der Waals surface area contributed by atoms with E-state index in [0.29, 0.717) is 5.92 Å². The van der Waals surface area contributed by atoms with Crippen LogP contribution in [0, 0.1) is 5.92 Å². The molecule has 1 atom stereocenters. The number of anilines is 1. The van der Waals surface area contributed by atoms with Crippen molar-refractivity contribution < 1.29 is 4.79 Å². The average Bonchev–Trinajstić information content (AvgIpc) is 2.30. The lowest BCUT2D eigenvalue weighted by atomic mass is 10.0. The van der Waals surface area contributed by atoms with Gasteiger partial charge in [-0.3, -0.25) is 0 Å². The molecule has 1 N–H and O–H groups in total. The Bertz CT molecular complexity index is 350. The molecule has 1 saturated heterocycles. The SMILES string of the molecule is CC1CCCN(C(=O)Nc2ccccc2)C1. The van der Waals surface area contributed by atoms with Crippen molar-refractivity contribution in [1.82, 2.24) is 4.90 Å². The number of benzene rings is 1. The smallest absolute Gasteiger partial charge is 0.321 e. The van der Waals surface area contributed by atoms with Crippen LogP contribution in [0.3, 0.4) is 0 Å². The number of urea groups is 1. The van der Waals surface area contributed by atoms with Crippen LogP contribution in [-0.2, 0) is 0 Å². The molecule has 1 unspecified atom stereocenters. The van der Waals surface area contributed by atoms with Crippen molar-refractivity contribution in [3.05, 3.63) is 30.3 Å². The fraction of sp³-hybridized carbons (Fsp3) is 0.462. The molecule has 1 fully saturated rings. The Kier molecular flexibility index (Phi) is 3.44. The topological polar surface area (TPSA) is 32.3 Å². The zero-order valence-corrected chi connectivity index (χ0v) is 9.65. The Labute approximate surface area is 96.5 Å².